The van der Waals surface area contributed by atoms with Crippen molar-refractivity contribution in [2.45, 2.75) is 10.6 Å². The summed E-state index contributed by atoms with van der Waals surface area (Å²) in [4.78, 5) is 10.9. The molecule has 0 amide bonds. The summed E-state index contributed by atoms with van der Waals surface area (Å²) in [6.45, 7) is 0. The molecule has 0 aromatic heterocycles. The van der Waals surface area contributed by atoms with Gasteiger partial charge in [-0.05, 0) is 24.3 Å². The summed E-state index contributed by atoms with van der Waals surface area (Å²) in [6.07, 6.45) is 0. The van der Waals surface area contributed by atoms with Gasteiger partial charge in [-0.25, -0.2) is 4.79 Å². The number of esters is 1. The van der Waals surface area contributed by atoms with Crippen LogP contribution in [0, 0.1) is 0 Å². The lowest BCUT2D eigenvalue weighted by atomic mass is 10.2. The van der Waals surface area contributed by atoms with Gasteiger partial charge in [-0.2, -0.15) is 0 Å². The average molecular weight is 341 g/mol. The van der Waals surface area contributed by atoms with Crippen LogP contribution in [-0.4, -0.2) is 23.7 Å². The van der Waals surface area contributed by atoms with Gasteiger partial charge < -0.3 is 14.2 Å². The van der Waals surface area contributed by atoms with Gasteiger partial charge in [-0.15, -0.1) is 0 Å². The van der Waals surface area contributed by atoms with Gasteiger partial charge in [0.2, 0.25) is 0 Å². The van der Waals surface area contributed by atoms with Gasteiger partial charge in [-0.1, -0.05) is 59.6 Å². The van der Waals surface area contributed by atoms with E-state index in [9.17, 15) is 4.79 Å². The number of ether oxygens (including phenoxy) is 3. The third kappa shape index (κ3) is 3.64. The van der Waals surface area contributed by atoms with E-state index < -0.39 is 16.6 Å². The number of carbonyl (C=O) groups excluding carboxylic acids is 1. The highest BCUT2D eigenvalue weighted by atomic mass is 35.5. The van der Waals surface area contributed by atoms with Crippen LogP contribution < -0.4 is 9.47 Å². The summed E-state index contributed by atoms with van der Waals surface area (Å²) < 4.78 is 16.1. The molecule has 2 aromatic rings. The summed E-state index contributed by atoms with van der Waals surface area (Å²) in [6, 6.07) is 17.2. The predicted octanol–water partition coefficient (Wildman–Crippen LogP) is 3.82. The standard InChI is InChI=1S/C16H14Cl2O4/c1-20-15(19)16(14(17)18,21-12-8-4-2-5-9-12)22-13-10-6-3-7-11-13/h2-11,14H,1H3. The van der Waals surface area contributed by atoms with Crippen molar-refractivity contribution in [1.29, 1.82) is 0 Å². The smallest absolute Gasteiger partial charge is 0.395 e. The Bertz CT molecular complexity index is 561. The van der Waals surface area contributed by atoms with Crippen molar-refractivity contribution in [3.05, 3.63) is 60.7 Å². The molecule has 0 aliphatic carbocycles. The molecule has 2 rings (SSSR count). The zero-order valence-corrected chi connectivity index (χ0v) is 13.3. The van der Waals surface area contributed by atoms with Crippen molar-refractivity contribution < 1.29 is 19.0 Å². The Labute approximate surface area is 138 Å². The number of hydrogen-bond acceptors (Lipinski definition) is 4. The summed E-state index contributed by atoms with van der Waals surface area (Å²) in [5, 5.41) is 0. The molecule has 0 radical (unpaired) electrons. The number of rotatable bonds is 6. The number of hydrogen-bond donors (Lipinski definition) is 0. The van der Waals surface area contributed by atoms with E-state index in [4.69, 9.17) is 37.4 Å². The molecular formula is C16H14Cl2O4. The fourth-order valence-electron chi connectivity index (χ4n) is 1.75. The molecule has 0 fully saturated rings. The van der Waals surface area contributed by atoms with Crippen LogP contribution in [-0.2, 0) is 9.53 Å². The third-order valence-electron chi connectivity index (χ3n) is 2.78. The molecule has 0 saturated carbocycles. The maximum Gasteiger partial charge on any atom is 0.395 e. The largest absolute Gasteiger partial charge is 0.463 e. The Kier molecular flexibility index (Phi) is 5.52. The normalized spacial score (nSPS) is 11.1. The zero-order valence-electron chi connectivity index (χ0n) is 11.7. The lowest BCUT2D eigenvalue weighted by Crippen LogP contribution is -2.56. The third-order valence-corrected chi connectivity index (χ3v) is 3.36. The molecule has 0 bridgehead atoms. The first-order chi connectivity index (χ1) is 10.6. The van der Waals surface area contributed by atoms with E-state index in [2.05, 4.69) is 0 Å². The Balaban J connectivity index is 2.40. The highest BCUT2D eigenvalue weighted by Crippen LogP contribution is 2.31. The molecule has 2 aromatic carbocycles. The first-order valence-electron chi connectivity index (χ1n) is 6.43. The van der Waals surface area contributed by atoms with Crippen molar-refractivity contribution in [1.82, 2.24) is 0 Å². The number of carbonyl (C=O) groups is 1. The highest BCUT2D eigenvalue weighted by Gasteiger charge is 2.52. The minimum absolute atomic E-state index is 0.370. The van der Waals surface area contributed by atoms with Crippen LogP contribution in [0.15, 0.2) is 60.7 Å². The topological polar surface area (TPSA) is 44.8 Å². The van der Waals surface area contributed by atoms with Crippen LogP contribution in [0.5, 0.6) is 11.5 Å². The molecular weight excluding hydrogens is 327 g/mol. The summed E-state index contributed by atoms with van der Waals surface area (Å²) in [5.41, 5.74) is 0. The molecule has 116 valence electrons. The van der Waals surface area contributed by atoms with Gasteiger partial charge in [0.25, 0.3) is 0 Å². The van der Waals surface area contributed by atoms with E-state index in [-0.39, 0.29) is 0 Å². The molecule has 0 atom stereocenters. The number of benzene rings is 2. The molecule has 0 heterocycles. The Hall–Kier alpha value is -1.91. The van der Waals surface area contributed by atoms with Crippen LogP contribution >= 0.6 is 23.2 Å². The fraction of sp³-hybridized carbons (Fsp3) is 0.188. The summed E-state index contributed by atoms with van der Waals surface area (Å²) >= 11 is 12.0. The van der Waals surface area contributed by atoms with E-state index in [0.717, 1.165) is 0 Å². The van der Waals surface area contributed by atoms with Gasteiger partial charge in [0.1, 0.15) is 11.5 Å². The van der Waals surface area contributed by atoms with Gasteiger partial charge in [0.15, 0.2) is 4.84 Å². The van der Waals surface area contributed by atoms with Crippen molar-refractivity contribution in [3.8, 4) is 11.5 Å². The Morgan fingerprint density at radius 3 is 1.64 bits per heavy atom. The summed E-state index contributed by atoms with van der Waals surface area (Å²) in [5.74, 6) is -2.11. The van der Waals surface area contributed by atoms with E-state index in [0.29, 0.717) is 11.5 Å². The van der Waals surface area contributed by atoms with Crippen LogP contribution in [0.1, 0.15) is 0 Å². The first kappa shape index (κ1) is 16.5. The van der Waals surface area contributed by atoms with E-state index >= 15 is 0 Å². The molecule has 0 aliphatic rings. The molecule has 0 saturated heterocycles. The molecule has 0 unspecified atom stereocenters. The maximum atomic E-state index is 12.2. The van der Waals surface area contributed by atoms with Gasteiger partial charge >= 0.3 is 11.8 Å². The van der Waals surface area contributed by atoms with E-state index in [1.54, 1.807) is 48.5 Å². The second-order valence-electron chi connectivity index (χ2n) is 4.29. The SMILES string of the molecule is COC(=O)C(Oc1ccccc1)(Oc1ccccc1)C(Cl)Cl. The van der Waals surface area contributed by atoms with E-state index in [1.807, 2.05) is 12.1 Å². The predicted molar refractivity (Wildman–Crippen MR) is 84.4 cm³/mol. The van der Waals surface area contributed by atoms with Crippen molar-refractivity contribution in [2.75, 3.05) is 7.11 Å². The minimum atomic E-state index is -2.01. The van der Waals surface area contributed by atoms with Gasteiger partial charge in [-0.3, -0.25) is 0 Å². The number of alkyl halides is 2. The number of methoxy groups -OCH3 is 1. The zero-order chi connectivity index (χ0) is 16.0. The van der Waals surface area contributed by atoms with Crippen LogP contribution in [0.3, 0.4) is 0 Å². The number of para-hydroxylation sites is 2. The molecule has 22 heavy (non-hydrogen) atoms. The maximum absolute atomic E-state index is 12.2. The van der Waals surface area contributed by atoms with Crippen LogP contribution in [0.2, 0.25) is 0 Å². The molecule has 0 aliphatic heterocycles. The van der Waals surface area contributed by atoms with Crippen LogP contribution in [0.4, 0.5) is 0 Å². The van der Waals surface area contributed by atoms with E-state index in [1.165, 1.54) is 7.11 Å². The molecule has 0 spiro atoms. The van der Waals surface area contributed by atoms with Gasteiger partial charge in [0, 0.05) is 0 Å². The quantitative estimate of drug-likeness (QED) is 0.455. The van der Waals surface area contributed by atoms with Crippen molar-refractivity contribution in [3.63, 3.8) is 0 Å². The molecule has 6 heteroatoms. The first-order valence-corrected chi connectivity index (χ1v) is 7.30. The summed E-state index contributed by atoms with van der Waals surface area (Å²) in [7, 11) is 1.20. The van der Waals surface area contributed by atoms with Crippen molar-refractivity contribution >= 4 is 29.2 Å². The lowest BCUT2D eigenvalue weighted by Gasteiger charge is -2.32. The van der Waals surface area contributed by atoms with Crippen LogP contribution in [0.25, 0.3) is 0 Å². The monoisotopic (exact) mass is 340 g/mol. The molecule has 4 nitrogen and oxygen atoms in total. The Morgan fingerprint density at radius 2 is 1.32 bits per heavy atom. The number of halogens is 2. The molecule has 0 N–H and O–H groups in total. The Morgan fingerprint density at radius 1 is 0.909 bits per heavy atom. The minimum Gasteiger partial charge on any atom is -0.463 e. The highest BCUT2D eigenvalue weighted by molar-refractivity contribution is 6.46. The second kappa shape index (κ2) is 7.38. The lowest BCUT2D eigenvalue weighted by molar-refractivity contribution is -0.186. The second-order valence-corrected chi connectivity index (χ2v) is 5.39. The van der Waals surface area contributed by atoms with Gasteiger partial charge in [0.05, 0.1) is 7.11 Å². The van der Waals surface area contributed by atoms with Crippen molar-refractivity contribution in [2.24, 2.45) is 0 Å². The average Bonchev–Trinajstić information content (AvgIpc) is 2.55. The fourth-order valence-corrected chi connectivity index (χ4v) is 2.11.